The Morgan fingerprint density at radius 3 is 2.83 bits per heavy atom. The van der Waals surface area contributed by atoms with Crippen LogP contribution in [0.5, 0.6) is 5.75 Å². The Kier molecular flexibility index (Phi) is 6.93. The van der Waals surface area contributed by atoms with E-state index < -0.39 is 16.9 Å². The van der Waals surface area contributed by atoms with Gasteiger partial charge in [-0.3, -0.25) is 4.21 Å². The van der Waals surface area contributed by atoms with Crippen molar-refractivity contribution in [3.63, 3.8) is 0 Å². The highest BCUT2D eigenvalue weighted by Gasteiger charge is 2.14. The molecule has 0 aliphatic carbocycles. The van der Waals surface area contributed by atoms with Crippen molar-refractivity contribution in [1.29, 1.82) is 0 Å². The second-order valence-electron chi connectivity index (χ2n) is 4.02. The summed E-state index contributed by atoms with van der Waals surface area (Å²) in [5.41, 5.74) is 0. The van der Waals surface area contributed by atoms with Gasteiger partial charge in [0.15, 0.2) is 0 Å². The predicted octanol–water partition coefficient (Wildman–Crippen LogP) is 1.16. The van der Waals surface area contributed by atoms with Crippen molar-refractivity contribution in [2.45, 2.75) is 24.3 Å². The van der Waals surface area contributed by atoms with Gasteiger partial charge in [0.1, 0.15) is 5.75 Å². The second kappa shape index (κ2) is 8.24. The van der Waals surface area contributed by atoms with Crippen molar-refractivity contribution in [1.82, 2.24) is 5.32 Å². The lowest BCUT2D eigenvalue weighted by Crippen LogP contribution is -2.31. The number of hydrogen-bond acceptors (Lipinski definition) is 4. The van der Waals surface area contributed by atoms with Crippen LogP contribution in [-0.2, 0) is 10.8 Å². The molecule has 0 radical (unpaired) electrons. The van der Waals surface area contributed by atoms with E-state index in [1.807, 2.05) is 12.1 Å². The normalized spacial score (nSPS) is 14.2. The fourth-order valence-electron chi connectivity index (χ4n) is 1.58. The fraction of sp³-hybridized carbons (Fsp3) is 0.538. The van der Waals surface area contributed by atoms with Crippen LogP contribution in [0.1, 0.15) is 13.3 Å². The van der Waals surface area contributed by atoms with Gasteiger partial charge in [-0.1, -0.05) is 19.1 Å². The number of para-hydroxylation sites is 1. The topological polar surface area (TPSA) is 58.6 Å². The summed E-state index contributed by atoms with van der Waals surface area (Å²) >= 11 is 0. The molecule has 0 saturated heterocycles. The van der Waals surface area contributed by atoms with Gasteiger partial charge < -0.3 is 15.2 Å². The zero-order valence-electron chi connectivity index (χ0n) is 10.9. The third-order valence-electron chi connectivity index (χ3n) is 2.46. The lowest BCUT2D eigenvalue weighted by atomic mass is 10.3. The molecule has 2 unspecified atom stereocenters. The molecule has 1 aromatic rings. The van der Waals surface area contributed by atoms with Gasteiger partial charge >= 0.3 is 0 Å². The number of rotatable bonds is 8. The Balaban J connectivity index is 2.54. The molecular formula is C13H21NO3S. The third-order valence-corrected chi connectivity index (χ3v) is 3.98. The van der Waals surface area contributed by atoms with Gasteiger partial charge in [0.2, 0.25) is 0 Å². The van der Waals surface area contributed by atoms with Crippen LogP contribution in [0.2, 0.25) is 0 Å². The van der Waals surface area contributed by atoms with Crippen molar-refractivity contribution >= 4 is 10.8 Å². The molecule has 0 aliphatic heterocycles. The van der Waals surface area contributed by atoms with Gasteiger partial charge in [0.25, 0.3) is 0 Å². The average Bonchev–Trinajstić information content (AvgIpc) is 2.39. The minimum Gasteiger partial charge on any atom is -0.495 e. The van der Waals surface area contributed by atoms with Crippen molar-refractivity contribution in [2.75, 3.05) is 26.0 Å². The first kappa shape index (κ1) is 15.1. The van der Waals surface area contributed by atoms with Crippen LogP contribution in [0.25, 0.3) is 0 Å². The van der Waals surface area contributed by atoms with Gasteiger partial charge in [0, 0.05) is 6.54 Å². The molecule has 0 aliphatic rings. The maximum atomic E-state index is 12.1. The van der Waals surface area contributed by atoms with E-state index in [1.165, 1.54) is 0 Å². The van der Waals surface area contributed by atoms with E-state index in [4.69, 9.17) is 4.74 Å². The largest absolute Gasteiger partial charge is 0.495 e. The summed E-state index contributed by atoms with van der Waals surface area (Å²) in [6.07, 6.45) is 0.407. The molecular weight excluding hydrogens is 250 g/mol. The quantitative estimate of drug-likeness (QED) is 0.697. The number of ether oxygens (including phenoxy) is 1. The first-order valence-electron chi connectivity index (χ1n) is 6.09. The molecule has 5 heteroatoms. The van der Waals surface area contributed by atoms with Gasteiger partial charge in [-0.2, -0.15) is 0 Å². The van der Waals surface area contributed by atoms with Crippen molar-refractivity contribution in [3.05, 3.63) is 24.3 Å². The van der Waals surface area contributed by atoms with Crippen molar-refractivity contribution < 1.29 is 14.1 Å². The number of nitrogens with one attached hydrogen (secondary N) is 1. The Morgan fingerprint density at radius 1 is 1.44 bits per heavy atom. The van der Waals surface area contributed by atoms with Crippen LogP contribution >= 0.6 is 0 Å². The van der Waals surface area contributed by atoms with E-state index in [2.05, 4.69) is 12.2 Å². The minimum absolute atomic E-state index is 0.219. The standard InChI is InChI=1S/C13H21NO3S/c1-3-8-14-9-11(15)10-18(16)13-7-5-4-6-12(13)17-2/h4-7,11,14-15H,3,8-10H2,1-2H3. The summed E-state index contributed by atoms with van der Waals surface area (Å²) in [6.45, 7) is 3.39. The molecule has 102 valence electrons. The van der Waals surface area contributed by atoms with E-state index in [-0.39, 0.29) is 5.75 Å². The molecule has 2 N–H and O–H groups in total. The highest BCUT2D eigenvalue weighted by molar-refractivity contribution is 7.85. The zero-order valence-corrected chi connectivity index (χ0v) is 11.7. The summed E-state index contributed by atoms with van der Waals surface area (Å²) in [5.74, 6) is 0.821. The number of aliphatic hydroxyl groups is 1. The van der Waals surface area contributed by atoms with Crippen molar-refractivity contribution in [3.8, 4) is 5.75 Å². The molecule has 2 atom stereocenters. The van der Waals surface area contributed by atoms with E-state index in [1.54, 1.807) is 19.2 Å². The second-order valence-corrected chi connectivity index (χ2v) is 5.49. The average molecular weight is 271 g/mol. The lowest BCUT2D eigenvalue weighted by molar-refractivity contribution is 0.195. The predicted molar refractivity (Wildman–Crippen MR) is 73.4 cm³/mol. The summed E-state index contributed by atoms with van der Waals surface area (Å²) in [4.78, 5) is 0.634. The smallest absolute Gasteiger partial charge is 0.134 e. The zero-order chi connectivity index (χ0) is 13.4. The molecule has 0 aromatic heterocycles. The third kappa shape index (κ3) is 4.76. The minimum atomic E-state index is -1.25. The van der Waals surface area contributed by atoms with Crippen LogP contribution in [0.15, 0.2) is 29.2 Å². The molecule has 18 heavy (non-hydrogen) atoms. The molecule has 1 aromatic carbocycles. The molecule has 0 heterocycles. The molecule has 0 amide bonds. The van der Waals surface area contributed by atoms with Crippen molar-refractivity contribution in [2.24, 2.45) is 0 Å². The SMILES string of the molecule is CCCNCC(O)CS(=O)c1ccccc1OC. The number of benzene rings is 1. The summed E-state index contributed by atoms with van der Waals surface area (Å²) in [6, 6.07) is 7.19. The van der Waals surface area contributed by atoms with Gasteiger partial charge in [-0.25, -0.2) is 0 Å². The Bertz CT molecular complexity index is 384. The Labute approximate surface area is 111 Å². The van der Waals surface area contributed by atoms with Crippen LogP contribution in [-0.4, -0.2) is 41.4 Å². The van der Waals surface area contributed by atoms with Crippen LogP contribution < -0.4 is 10.1 Å². The molecule has 4 nitrogen and oxygen atoms in total. The lowest BCUT2D eigenvalue weighted by Gasteiger charge is -2.12. The molecule has 0 spiro atoms. The van der Waals surface area contributed by atoms with E-state index >= 15 is 0 Å². The van der Waals surface area contributed by atoms with Gasteiger partial charge in [-0.15, -0.1) is 0 Å². The molecule has 0 saturated carbocycles. The first-order valence-corrected chi connectivity index (χ1v) is 7.41. The molecule has 1 rings (SSSR count). The molecule has 0 fully saturated rings. The van der Waals surface area contributed by atoms with E-state index in [0.29, 0.717) is 17.2 Å². The maximum absolute atomic E-state index is 12.1. The summed E-state index contributed by atoms with van der Waals surface area (Å²) in [7, 11) is 0.306. The molecule has 0 bridgehead atoms. The number of methoxy groups -OCH3 is 1. The first-order chi connectivity index (χ1) is 8.69. The van der Waals surface area contributed by atoms with Crippen LogP contribution in [0, 0.1) is 0 Å². The summed E-state index contributed by atoms with van der Waals surface area (Å²) < 4.78 is 17.3. The van der Waals surface area contributed by atoms with Crippen LogP contribution in [0.4, 0.5) is 0 Å². The Morgan fingerprint density at radius 2 is 2.17 bits per heavy atom. The highest BCUT2D eigenvalue weighted by Crippen LogP contribution is 2.21. The van der Waals surface area contributed by atoms with Gasteiger partial charge in [0.05, 0.1) is 34.7 Å². The summed E-state index contributed by atoms with van der Waals surface area (Å²) in [5, 5.41) is 12.9. The number of hydrogen-bond donors (Lipinski definition) is 2. The maximum Gasteiger partial charge on any atom is 0.134 e. The number of aliphatic hydroxyl groups excluding tert-OH is 1. The fourth-order valence-corrected chi connectivity index (χ4v) is 2.83. The monoisotopic (exact) mass is 271 g/mol. The van der Waals surface area contributed by atoms with Crippen LogP contribution in [0.3, 0.4) is 0 Å². The van der Waals surface area contributed by atoms with Gasteiger partial charge in [-0.05, 0) is 25.1 Å². The highest BCUT2D eigenvalue weighted by atomic mass is 32.2. The van der Waals surface area contributed by atoms with E-state index in [9.17, 15) is 9.32 Å². The van der Waals surface area contributed by atoms with E-state index in [0.717, 1.165) is 13.0 Å². The Hall–Kier alpha value is -0.910.